The van der Waals surface area contributed by atoms with Crippen LogP contribution in [0.25, 0.3) is 10.1 Å². The van der Waals surface area contributed by atoms with Crippen molar-refractivity contribution < 1.29 is 9.47 Å². The maximum Gasteiger partial charge on any atom is 0.264 e. The molecule has 6 heteroatoms. The Bertz CT molecular complexity index is 2720. The van der Waals surface area contributed by atoms with Crippen LogP contribution in [0.4, 0.5) is 34.1 Å². The summed E-state index contributed by atoms with van der Waals surface area (Å²) < 4.78 is 15.5. The van der Waals surface area contributed by atoms with Crippen molar-refractivity contribution in [3.05, 3.63) is 111 Å². The molecule has 0 bridgehead atoms. The molecule has 4 nitrogen and oxygen atoms in total. The zero-order valence-electron chi connectivity index (χ0n) is 39.0. The van der Waals surface area contributed by atoms with E-state index in [2.05, 4.69) is 187 Å². The summed E-state index contributed by atoms with van der Waals surface area (Å²) in [4.78, 5) is 5.28. The quantitative estimate of drug-likeness (QED) is 0.162. The number of rotatable bonds is 2. The van der Waals surface area contributed by atoms with Gasteiger partial charge < -0.3 is 19.3 Å². The van der Waals surface area contributed by atoms with E-state index < -0.39 is 0 Å². The summed E-state index contributed by atoms with van der Waals surface area (Å²) in [7, 11) is 0. The van der Waals surface area contributed by atoms with Crippen LogP contribution in [0.2, 0.25) is 0 Å². The predicted molar refractivity (Wildman–Crippen MR) is 261 cm³/mol. The number of aryl methyl sites for hydroxylation is 4. The standard InChI is InChI=1S/C54H63BN2O2S/c1-30-21-35(52(8,9)10)22-31(2)47(30)56-40-29-44-43(58-19-20-59-44)28-39(40)55-46-41(56)26-37(54(14,15)16)27-42(46)57(48-32(3)23-36(24-33(48)4)53(11,12)13)49-38-25-34(51(5,6)7)17-18-45(38)60-50(49)55/h17-18,21-29H,19-20H2,1-16H3. The van der Waals surface area contributed by atoms with Crippen LogP contribution < -0.4 is 35.0 Å². The van der Waals surface area contributed by atoms with E-state index in [1.54, 1.807) is 0 Å². The molecular weight excluding hydrogens is 751 g/mol. The number of benzene rings is 5. The van der Waals surface area contributed by atoms with Gasteiger partial charge in [0.2, 0.25) is 0 Å². The molecule has 9 rings (SSSR count). The summed E-state index contributed by atoms with van der Waals surface area (Å²) >= 11 is 1.96. The number of ether oxygens (including phenoxy) is 2. The van der Waals surface area contributed by atoms with E-state index in [4.69, 9.17) is 9.47 Å². The fourth-order valence-corrected chi connectivity index (χ4v) is 11.2. The molecular formula is C54H63BN2O2S. The van der Waals surface area contributed by atoms with E-state index >= 15 is 0 Å². The molecule has 3 aliphatic heterocycles. The second kappa shape index (κ2) is 13.4. The summed E-state index contributed by atoms with van der Waals surface area (Å²) in [5.41, 5.74) is 20.5. The molecule has 60 heavy (non-hydrogen) atoms. The van der Waals surface area contributed by atoms with Crippen LogP contribution in [0.3, 0.4) is 0 Å². The molecule has 0 fully saturated rings. The minimum Gasteiger partial charge on any atom is -0.486 e. The summed E-state index contributed by atoms with van der Waals surface area (Å²) in [5.74, 6) is 1.65. The van der Waals surface area contributed by atoms with Crippen LogP contribution in [0.5, 0.6) is 11.5 Å². The summed E-state index contributed by atoms with van der Waals surface area (Å²) in [6.45, 7) is 38.3. The third-order valence-corrected chi connectivity index (χ3v) is 14.4. The van der Waals surface area contributed by atoms with Crippen LogP contribution in [0.1, 0.15) is 128 Å². The van der Waals surface area contributed by atoms with Crippen molar-refractivity contribution >= 4 is 78.0 Å². The highest BCUT2D eigenvalue weighted by Gasteiger charge is 2.47. The van der Waals surface area contributed by atoms with Crippen LogP contribution in [0, 0.1) is 27.7 Å². The van der Waals surface area contributed by atoms with Crippen LogP contribution in [-0.2, 0) is 21.7 Å². The van der Waals surface area contributed by atoms with Gasteiger partial charge in [-0.3, -0.25) is 0 Å². The molecule has 4 heterocycles. The number of anilines is 6. The topological polar surface area (TPSA) is 24.9 Å². The van der Waals surface area contributed by atoms with Crippen LogP contribution >= 0.6 is 11.3 Å². The Morgan fingerprint density at radius 2 is 0.933 bits per heavy atom. The fraction of sp³-hybridized carbons (Fsp3) is 0.407. The van der Waals surface area contributed by atoms with E-state index in [1.165, 1.54) is 98.7 Å². The zero-order valence-corrected chi connectivity index (χ0v) is 39.8. The molecule has 0 aliphatic carbocycles. The van der Waals surface area contributed by atoms with Gasteiger partial charge in [0, 0.05) is 38.0 Å². The van der Waals surface area contributed by atoms with Gasteiger partial charge in [-0.1, -0.05) is 113 Å². The largest absolute Gasteiger partial charge is 0.486 e. The summed E-state index contributed by atoms with van der Waals surface area (Å²) in [5, 5.41) is 1.32. The zero-order chi connectivity index (χ0) is 43.2. The SMILES string of the molecule is Cc1cc(C(C)(C)C)cc(C)c1N1c2cc3c(cc2B2c4sc5ccc(C(C)(C)C)cc5c4N(c4c(C)cc(C(C)(C)C)cc4C)c4cc(C(C)(C)C)cc1c42)OCCO3. The summed E-state index contributed by atoms with van der Waals surface area (Å²) in [6, 6.07) is 26.6. The van der Waals surface area contributed by atoms with Gasteiger partial charge in [0.25, 0.3) is 6.71 Å². The Morgan fingerprint density at radius 3 is 1.43 bits per heavy atom. The molecule has 0 N–H and O–H groups in total. The van der Waals surface area contributed by atoms with Gasteiger partial charge in [-0.05, 0) is 135 Å². The molecule has 5 aromatic carbocycles. The molecule has 0 amide bonds. The molecule has 310 valence electrons. The van der Waals surface area contributed by atoms with Gasteiger partial charge in [-0.25, -0.2) is 0 Å². The minimum atomic E-state index is -0.123. The van der Waals surface area contributed by atoms with E-state index in [-0.39, 0.29) is 28.4 Å². The average Bonchev–Trinajstić information content (AvgIpc) is 3.52. The highest BCUT2D eigenvalue weighted by atomic mass is 32.1. The second-order valence-electron chi connectivity index (χ2n) is 22.0. The number of nitrogens with zero attached hydrogens (tertiary/aromatic N) is 2. The predicted octanol–water partition coefficient (Wildman–Crippen LogP) is 13.2. The lowest BCUT2D eigenvalue weighted by Crippen LogP contribution is -2.60. The van der Waals surface area contributed by atoms with Crippen molar-refractivity contribution in [1.29, 1.82) is 0 Å². The lowest BCUT2D eigenvalue weighted by atomic mass is 9.36. The van der Waals surface area contributed by atoms with Gasteiger partial charge in [0.15, 0.2) is 11.5 Å². The third-order valence-electron chi connectivity index (χ3n) is 13.2. The first-order valence-corrected chi connectivity index (χ1v) is 22.8. The van der Waals surface area contributed by atoms with E-state index in [1.807, 2.05) is 11.3 Å². The normalized spacial score (nSPS) is 15.0. The van der Waals surface area contributed by atoms with Crippen molar-refractivity contribution in [2.45, 2.75) is 132 Å². The Balaban J connectivity index is 1.46. The number of fused-ring (bicyclic) bond motifs is 7. The first-order valence-electron chi connectivity index (χ1n) is 22.0. The Hall–Kier alpha value is -4.68. The number of thiophene rings is 1. The van der Waals surface area contributed by atoms with Crippen molar-refractivity contribution in [2.75, 3.05) is 23.0 Å². The maximum atomic E-state index is 6.43. The molecule has 0 radical (unpaired) electrons. The maximum absolute atomic E-state index is 6.43. The average molecular weight is 815 g/mol. The number of hydrogen-bond donors (Lipinski definition) is 0. The van der Waals surface area contributed by atoms with Crippen molar-refractivity contribution in [1.82, 2.24) is 0 Å². The lowest BCUT2D eigenvalue weighted by Gasteiger charge is -2.45. The van der Waals surface area contributed by atoms with Crippen molar-refractivity contribution in [3.63, 3.8) is 0 Å². The number of hydrogen-bond acceptors (Lipinski definition) is 5. The molecule has 0 unspecified atom stereocenters. The van der Waals surface area contributed by atoms with E-state index in [0.29, 0.717) is 13.2 Å². The molecule has 0 atom stereocenters. The first-order chi connectivity index (χ1) is 27.9. The van der Waals surface area contributed by atoms with E-state index in [9.17, 15) is 0 Å². The first kappa shape index (κ1) is 40.7. The molecule has 1 aromatic heterocycles. The highest BCUT2D eigenvalue weighted by molar-refractivity contribution is 7.33. The molecule has 0 saturated heterocycles. The van der Waals surface area contributed by atoms with Crippen LogP contribution in [0.15, 0.2) is 66.7 Å². The summed E-state index contributed by atoms with van der Waals surface area (Å²) in [6.07, 6.45) is 0. The lowest BCUT2D eigenvalue weighted by molar-refractivity contribution is 0.172. The van der Waals surface area contributed by atoms with E-state index in [0.717, 1.165) is 17.2 Å². The van der Waals surface area contributed by atoms with Gasteiger partial charge in [0.1, 0.15) is 13.2 Å². The van der Waals surface area contributed by atoms with Crippen molar-refractivity contribution in [3.8, 4) is 11.5 Å². The Kier molecular flexibility index (Phi) is 9.10. The fourth-order valence-electron chi connectivity index (χ4n) is 9.87. The van der Waals surface area contributed by atoms with Crippen molar-refractivity contribution in [2.24, 2.45) is 0 Å². The Morgan fingerprint density at radius 1 is 0.483 bits per heavy atom. The molecule has 6 aromatic rings. The van der Waals surface area contributed by atoms with Gasteiger partial charge >= 0.3 is 0 Å². The third kappa shape index (κ3) is 6.38. The molecule has 3 aliphatic rings. The van der Waals surface area contributed by atoms with Gasteiger partial charge in [0.05, 0.1) is 17.1 Å². The monoisotopic (exact) mass is 814 g/mol. The van der Waals surface area contributed by atoms with Gasteiger partial charge in [-0.2, -0.15) is 0 Å². The Labute approximate surface area is 364 Å². The second-order valence-corrected chi connectivity index (χ2v) is 23.1. The highest BCUT2D eigenvalue weighted by Crippen LogP contribution is 2.53. The van der Waals surface area contributed by atoms with Crippen LogP contribution in [-0.4, -0.2) is 19.9 Å². The molecule has 0 saturated carbocycles. The smallest absolute Gasteiger partial charge is 0.264 e. The minimum absolute atomic E-state index is 0.000220. The van der Waals surface area contributed by atoms with Gasteiger partial charge in [-0.15, -0.1) is 11.3 Å². The molecule has 0 spiro atoms.